The zero-order valence-corrected chi connectivity index (χ0v) is 11.5. The fraction of sp³-hybridized carbons (Fsp3) is 0.176. The molecule has 2 aromatic rings. The molecule has 0 radical (unpaired) electrons. The van der Waals surface area contributed by atoms with E-state index in [9.17, 15) is 19.8 Å². The minimum atomic E-state index is -2.33. The van der Waals surface area contributed by atoms with E-state index in [0.29, 0.717) is 6.42 Å². The fourth-order valence-corrected chi connectivity index (χ4v) is 2.71. The van der Waals surface area contributed by atoms with Gasteiger partial charge in [0.1, 0.15) is 5.75 Å². The maximum atomic E-state index is 12.5. The predicted octanol–water partition coefficient (Wildman–Crippen LogP) is 2.22. The van der Waals surface area contributed by atoms with Gasteiger partial charge in [-0.05, 0) is 24.1 Å². The molecule has 0 atom stereocenters. The van der Waals surface area contributed by atoms with Gasteiger partial charge in [0.15, 0.2) is 0 Å². The van der Waals surface area contributed by atoms with Crippen molar-refractivity contribution in [3.63, 3.8) is 0 Å². The summed E-state index contributed by atoms with van der Waals surface area (Å²) in [6.07, 6.45) is 0.665. The Morgan fingerprint density at radius 3 is 2.10 bits per heavy atom. The van der Waals surface area contributed by atoms with Crippen molar-refractivity contribution in [1.29, 1.82) is 0 Å². The lowest BCUT2D eigenvalue weighted by molar-refractivity contribution is 0.0312. The van der Waals surface area contributed by atoms with Crippen LogP contribution in [0.3, 0.4) is 0 Å². The number of ketones is 2. The lowest BCUT2D eigenvalue weighted by Crippen LogP contribution is -2.38. The topological polar surface area (TPSA) is 74.6 Å². The van der Waals surface area contributed by atoms with Gasteiger partial charge in [0, 0.05) is 16.7 Å². The molecule has 1 aliphatic rings. The molecule has 2 N–H and O–H groups in total. The lowest BCUT2D eigenvalue weighted by Gasteiger charge is -2.21. The van der Waals surface area contributed by atoms with Crippen molar-refractivity contribution in [3.05, 3.63) is 64.7 Å². The summed E-state index contributed by atoms with van der Waals surface area (Å²) in [7, 11) is 0. The number of fused-ring (bicyclic) bond motifs is 1. The highest BCUT2D eigenvalue weighted by atomic mass is 16.3. The molecule has 0 saturated heterocycles. The lowest BCUT2D eigenvalue weighted by atomic mass is 9.87. The first-order valence-corrected chi connectivity index (χ1v) is 6.73. The largest absolute Gasteiger partial charge is 0.508 e. The van der Waals surface area contributed by atoms with E-state index >= 15 is 0 Å². The Kier molecular flexibility index (Phi) is 2.92. The standard InChI is InChI=1S/C17H14O4/c1-2-10-7-8-14(18)13(9-10)17(21)15(19)11-5-3-4-6-12(11)16(17)20/h3-9,18,21H,2H2,1H3. The van der Waals surface area contributed by atoms with Crippen LogP contribution in [0.25, 0.3) is 0 Å². The van der Waals surface area contributed by atoms with Crippen LogP contribution < -0.4 is 0 Å². The second kappa shape index (κ2) is 4.53. The van der Waals surface area contributed by atoms with Crippen LogP contribution >= 0.6 is 0 Å². The molecule has 1 aliphatic carbocycles. The summed E-state index contributed by atoms with van der Waals surface area (Å²) < 4.78 is 0. The van der Waals surface area contributed by atoms with E-state index in [-0.39, 0.29) is 22.4 Å². The molecule has 0 aliphatic heterocycles. The zero-order chi connectivity index (χ0) is 15.2. The van der Waals surface area contributed by atoms with Crippen LogP contribution in [0.15, 0.2) is 42.5 Å². The van der Waals surface area contributed by atoms with Crippen LogP contribution in [0.4, 0.5) is 0 Å². The number of aryl methyl sites for hydroxylation is 1. The number of aromatic hydroxyl groups is 1. The summed E-state index contributed by atoms with van der Waals surface area (Å²) in [6.45, 7) is 1.91. The van der Waals surface area contributed by atoms with E-state index in [1.165, 1.54) is 24.3 Å². The van der Waals surface area contributed by atoms with Crippen molar-refractivity contribution in [1.82, 2.24) is 0 Å². The molecule has 0 saturated carbocycles. The second-order valence-electron chi connectivity index (χ2n) is 5.12. The molecule has 106 valence electrons. The molecule has 0 heterocycles. The fourth-order valence-electron chi connectivity index (χ4n) is 2.71. The smallest absolute Gasteiger partial charge is 0.220 e. The van der Waals surface area contributed by atoms with E-state index in [0.717, 1.165) is 5.56 Å². The molecule has 2 aromatic carbocycles. The van der Waals surface area contributed by atoms with E-state index in [1.807, 2.05) is 6.92 Å². The highest BCUT2D eigenvalue weighted by Gasteiger charge is 2.54. The Labute approximate surface area is 121 Å². The van der Waals surface area contributed by atoms with Gasteiger partial charge in [-0.1, -0.05) is 37.3 Å². The van der Waals surface area contributed by atoms with Gasteiger partial charge in [0.25, 0.3) is 0 Å². The Balaban J connectivity index is 2.24. The van der Waals surface area contributed by atoms with Crippen molar-refractivity contribution in [3.8, 4) is 5.75 Å². The van der Waals surface area contributed by atoms with Crippen molar-refractivity contribution in [2.24, 2.45) is 0 Å². The third-order valence-corrected chi connectivity index (χ3v) is 3.93. The highest BCUT2D eigenvalue weighted by Crippen LogP contribution is 2.41. The molecular weight excluding hydrogens is 268 g/mol. The molecule has 21 heavy (non-hydrogen) atoms. The van der Waals surface area contributed by atoms with Gasteiger partial charge in [-0.3, -0.25) is 9.59 Å². The van der Waals surface area contributed by atoms with Gasteiger partial charge in [-0.2, -0.15) is 0 Å². The van der Waals surface area contributed by atoms with Crippen LogP contribution in [-0.2, 0) is 12.0 Å². The van der Waals surface area contributed by atoms with Gasteiger partial charge in [-0.15, -0.1) is 0 Å². The Hall–Kier alpha value is -2.46. The molecular formula is C17H14O4. The van der Waals surface area contributed by atoms with Crippen molar-refractivity contribution >= 4 is 11.6 Å². The highest BCUT2D eigenvalue weighted by molar-refractivity contribution is 6.32. The third-order valence-electron chi connectivity index (χ3n) is 3.93. The molecule has 4 heteroatoms. The summed E-state index contributed by atoms with van der Waals surface area (Å²) in [5, 5.41) is 20.8. The monoisotopic (exact) mass is 282 g/mol. The van der Waals surface area contributed by atoms with E-state index in [2.05, 4.69) is 0 Å². The first kappa shape index (κ1) is 13.5. The minimum Gasteiger partial charge on any atom is -0.508 e. The Bertz CT molecular complexity index is 726. The molecule has 3 rings (SSSR count). The minimum absolute atomic E-state index is 0.0481. The predicted molar refractivity (Wildman–Crippen MR) is 76.5 cm³/mol. The van der Waals surface area contributed by atoms with Crippen molar-refractivity contribution < 1.29 is 19.8 Å². The van der Waals surface area contributed by atoms with Crippen molar-refractivity contribution in [2.45, 2.75) is 18.9 Å². The summed E-state index contributed by atoms with van der Waals surface area (Å²) in [6, 6.07) is 10.9. The number of aliphatic hydroxyl groups is 1. The van der Waals surface area contributed by atoms with Crippen LogP contribution in [0.5, 0.6) is 5.75 Å². The number of rotatable bonds is 2. The van der Waals surface area contributed by atoms with Crippen LogP contribution in [0.2, 0.25) is 0 Å². The van der Waals surface area contributed by atoms with Crippen molar-refractivity contribution in [2.75, 3.05) is 0 Å². The quantitative estimate of drug-likeness (QED) is 0.828. The van der Waals surface area contributed by atoms with Gasteiger partial charge in [0.05, 0.1) is 0 Å². The van der Waals surface area contributed by atoms with Crippen LogP contribution in [-0.4, -0.2) is 21.8 Å². The average molecular weight is 282 g/mol. The third kappa shape index (κ3) is 1.73. The summed E-state index contributed by atoms with van der Waals surface area (Å²) in [5.41, 5.74) is -1.18. The number of hydrogen-bond donors (Lipinski definition) is 2. The molecule has 4 nitrogen and oxygen atoms in total. The average Bonchev–Trinajstić information content (AvgIpc) is 2.71. The van der Waals surface area contributed by atoms with Gasteiger partial charge in [-0.25, -0.2) is 0 Å². The van der Waals surface area contributed by atoms with Crippen LogP contribution in [0, 0.1) is 0 Å². The Morgan fingerprint density at radius 2 is 1.57 bits per heavy atom. The maximum absolute atomic E-state index is 12.5. The first-order valence-electron chi connectivity index (χ1n) is 6.73. The van der Waals surface area contributed by atoms with Gasteiger partial charge in [0.2, 0.25) is 17.2 Å². The number of benzene rings is 2. The summed E-state index contributed by atoms with van der Waals surface area (Å²) in [5.74, 6) is -1.64. The molecule has 0 bridgehead atoms. The molecule has 0 spiro atoms. The van der Waals surface area contributed by atoms with E-state index in [4.69, 9.17) is 0 Å². The number of hydrogen-bond acceptors (Lipinski definition) is 4. The molecule has 0 unspecified atom stereocenters. The van der Waals surface area contributed by atoms with E-state index in [1.54, 1.807) is 18.2 Å². The van der Waals surface area contributed by atoms with Gasteiger partial charge >= 0.3 is 0 Å². The SMILES string of the molecule is CCc1ccc(O)c(C2(O)C(=O)c3ccccc3C2=O)c1. The van der Waals surface area contributed by atoms with Crippen LogP contribution in [0.1, 0.15) is 38.8 Å². The number of phenols is 1. The molecule has 0 aromatic heterocycles. The maximum Gasteiger partial charge on any atom is 0.220 e. The first-order chi connectivity index (χ1) is 10.00. The number of carbonyl (C=O) groups excluding carboxylic acids is 2. The number of Topliss-reactive ketones (excluding diaryl/α,β-unsaturated/α-hetero) is 2. The normalized spacial score (nSPS) is 16.1. The van der Waals surface area contributed by atoms with Gasteiger partial charge < -0.3 is 10.2 Å². The zero-order valence-electron chi connectivity index (χ0n) is 11.5. The molecule has 0 amide bonds. The number of carbonyl (C=O) groups is 2. The summed E-state index contributed by atoms with van der Waals surface area (Å²) >= 11 is 0. The second-order valence-corrected chi connectivity index (χ2v) is 5.12. The molecule has 0 fully saturated rings. The number of phenolic OH excluding ortho intramolecular Hbond substituents is 1. The Morgan fingerprint density at radius 1 is 1.00 bits per heavy atom. The van der Waals surface area contributed by atoms with E-state index < -0.39 is 17.2 Å². The summed E-state index contributed by atoms with van der Waals surface area (Å²) in [4.78, 5) is 25.0.